The molecule has 162 valence electrons. The molecule has 7 heteroatoms. The van der Waals surface area contributed by atoms with Crippen molar-refractivity contribution in [2.75, 3.05) is 6.61 Å². The summed E-state index contributed by atoms with van der Waals surface area (Å²) in [5.74, 6) is -0.492. The zero-order valence-corrected chi connectivity index (χ0v) is 18.1. The molecule has 0 aliphatic carbocycles. The van der Waals surface area contributed by atoms with Crippen molar-refractivity contribution in [3.63, 3.8) is 0 Å². The SMILES string of the molecule is CCOC(=O)c1[nH]c(C)c(C(=O)[C@@H](C)N(Cc2ccco2)C(=O)c2ccccc2)c1C. The van der Waals surface area contributed by atoms with Crippen LogP contribution in [-0.4, -0.2) is 40.2 Å². The minimum Gasteiger partial charge on any atom is -0.467 e. The maximum absolute atomic E-state index is 13.5. The number of ketones is 1. The smallest absolute Gasteiger partial charge is 0.355 e. The van der Waals surface area contributed by atoms with Crippen LogP contribution in [0.25, 0.3) is 0 Å². The molecule has 1 aromatic carbocycles. The Morgan fingerprint density at radius 1 is 1.10 bits per heavy atom. The van der Waals surface area contributed by atoms with E-state index in [1.54, 1.807) is 64.1 Å². The highest BCUT2D eigenvalue weighted by atomic mass is 16.5. The highest BCUT2D eigenvalue weighted by Crippen LogP contribution is 2.24. The Balaban J connectivity index is 1.96. The standard InChI is InChI=1S/C24H26N2O5/c1-5-30-24(29)21-15(2)20(16(3)25-21)22(27)17(4)26(14-19-12-9-13-31-19)23(28)18-10-7-6-8-11-18/h6-13,17,25H,5,14H2,1-4H3/t17-/m1/s1. The lowest BCUT2D eigenvalue weighted by atomic mass is 9.99. The molecule has 1 amide bonds. The van der Waals surface area contributed by atoms with Crippen molar-refractivity contribution >= 4 is 17.7 Å². The van der Waals surface area contributed by atoms with Crippen LogP contribution < -0.4 is 0 Å². The van der Waals surface area contributed by atoms with E-state index >= 15 is 0 Å². The van der Waals surface area contributed by atoms with E-state index in [1.807, 2.05) is 6.07 Å². The number of furan rings is 1. The van der Waals surface area contributed by atoms with Gasteiger partial charge < -0.3 is 19.0 Å². The summed E-state index contributed by atoms with van der Waals surface area (Å²) in [7, 11) is 0. The Morgan fingerprint density at radius 3 is 2.42 bits per heavy atom. The number of H-pyrrole nitrogens is 1. The van der Waals surface area contributed by atoms with Crippen molar-refractivity contribution in [2.24, 2.45) is 0 Å². The van der Waals surface area contributed by atoms with E-state index in [1.165, 1.54) is 11.2 Å². The van der Waals surface area contributed by atoms with Crippen molar-refractivity contribution in [2.45, 2.75) is 40.3 Å². The number of amides is 1. The molecule has 2 aromatic heterocycles. The maximum atomic E-state index is 13.5. The lowest BCUT2D eigenvalue weighted by Gasteiger charge is -2.28. The second-order valence-corrected chi connectivity index (χ2v) is 7.26. The fraction of sp³-hybridized carbons (Fsp3) is 0.292. The molecule has 31 heavy (non-hydrogen) atoms. The highest BCUT2D eigenvalue weighted by Gasteiger charge is 2.32. The van der Waals surface area contributed by atoms with Crippen LogP contribution in [0.2, 0.25) is 0 Å². The van der Waals surface area contributed by atoms with E-state index in [2.05, 4.69) is 4.98 Å². The molecule has 1 N–H and O–H groups in total. The number of carbonyl (C=O) groups excluding carboxylic acids is 3. The van der Waals surface area contributed by atoms with Gasteiger partial charge in [-0.05, 0) is 57.5 Å². The molecule has 0 radical (unpaired) electrons. The zero-order valence-electron chi connectivity index (χ0n) is 18.1. The van der Waals surface area contributed by atoms with Gasteiger partial charge in [-0.25, -0.2) is 4.79 Å². The predicted octanol–water partition coefficient (Wildman–Crippen LogP) is 4.32. The molecule has 0 spiro atoms. The molecular weight excluding hydrogens is 396 g/mol. The Morgan fingerprint density at radius 2 is 1.81 bits per heavy atom. The van der Waals surface area contributed by atoms with Crippen LogP contribution in [-0.2, 0) is 11.3 Å². The van der Waals surface area contributed by atoms with E-state index in [4.69, 9.17) is 9.15 Å². The second kappa shape index (κ2) is 9.47. The Hall–Kier alpha value is -3.61. The predicted molar refractivity (Wildman–Crippen MR) is 115 cm³/mol. The summed E-state index contributed by atoms with van der Waals surface area (Å²) in [5.41, 5.74) is 2.19. The third-order valence-electron chi connectivity index (χ3n) is 5.20. The Labute approximate surface area is 181 Å². The lowest BCUT2D eigenvalue weighted by molar-refractivity contribution is 0.0518. The van der Waals surface area contributed by atoms with Gasteiger partial charge in [0.25, 0.3) is 5.91 Å². The Bertz CT molecular complexity index is 1070. The molecule has 0 aliphatic rings. The van der Waals surface area contributed by atoms with Crippen LogP contribution in [0.1, 0.15) is 62.1 Å². The zero-order chi connectivity index (χ0) is 22.5. The van der Waals surface area contributed by atoms with Gasteiger partial charge in [-0.15, -0.1) is 0 Å². The van der Waals surface area contributed by atoms with Gasteiger partial charge in [0, 0.05) is 16.8 Å². The minimum atomic E-state index is -0.791. The van der Waals surface area contributed by atoms with Gasteiger partial charge in [0.05, 0.1) is 25.5 Å². The van der Waals surface area contributed by atoms with Crippen LogP contribution in [0.5, 0.6) is 0 Å². The molecule has 0 aliphatic heterocycles. The normalized spacial score (nSPS) is 11.7. The quantitative estimate of drug-likeness (QED) is 0.431. The fourth-order valence-corrected chi connectivity index (χ4v) is 3.58. The number of ether oxygens (including phenoxy) is 1. The summed E-state index contributed by atoms with van der Waals surface area (Å²) in [6.07, 6.45) is 1.53. The van der Waals surface area contributed by atoms with Crippen molar-refractivity contribution in [3.8, 4) is 0 Å². The topological polar surface area (TPSA) is 92.6 Å². The number of aryl methyl sites for hydroxylation is 1. The van der Waals surface area contributed by atoms with E-state index in [0.29, 0.717) is 28.1 Å². The molecule has 0 saturated heterocycles. The molecule has 0 fully saturated rings. The Kier molecular flexibility index (Phi) is 6.74. The van der Waals surface area contributed by atoms with Crippen LogP contribution in [0, 0.1) is 13.8 Å². The molecule has 3 rings (SSSR count). The molecule has 7 nitrogen and oxygen atoms in total. The van der Waals surface area contributed by atoms with Gasteiger partial charge in [0.15, 0.2) is 5.78 Å². The van der Waals surface area contributed by atoms with E-state index < -0.39 is 12.0 Å². The highest BCUT2D eigenvalue weighted by molar-refractivity contribution is 6.07. The molecule has 0 saturated carbocycles. The van der Waals surface area contributed by atoms with E-state index in [-0.39, 0.29) is 30.5 Å². The summed E-state index contributed by atoms with van der Waals surface area (Å²) < 4.78 is 10.5. The molecule has 0 unspecified atom stereocenters. The number of hydrogen-bond donors (Lipinski definition) is 1. The number of esters is 1. The van der Waals surface area contributed by atoms with Crippen LogP contribution in [0.4, 0.5) is 0 Å². The number of aromatic amines is 1. The molecule has 1 atom stereocenters. The van der Waals surface area contributed by atoms with Crippen LogP contribution in [0.15, 0.2) is 53.1 Å². The first kappa shape index (κ1) is 22.1. The van der Waals surface area contributed by atoms with Crippen LogP contribution in [0.3, 0.4) is 0 Å². The number of aromatic nitrogens is 1. The average molecular weight is 422 g/mol. The first-order chi connectivity index (χ1) is 14.8. The van der Waals surface area contributed by atoms with Gasteiger partial charge in [0.1, 0.15) is 11.5 Å². The molecular formula is C24H26N2O5. The number of nitrogens with zero attached hydrogens (tertiary/aromatic N) is 1. The van der Waals surface area contributed by atoms with Gasteiger partial charge in [0.2, 0.25) is 0 Å². The van der Waals surface area contributed by atoms with Crippen LogP contribution >= 0.6 is 0 Å². The number of benzene rings is 1. The number of carbonyl (C=O) groups is 3. The van der Waals surface area contributed by atoms with Gasteiger partial charge in [-0.1, -0.05) is 18.2 Å². The number of Topliss-reactive ketones (excluding diaryl/α,β-unsaturated/α-hetero) is 1. The van der Waals surface area contributed by atoms with Crippen molar-refractivity contribution in [1.29, 1.82) is 0 Å². The van der Waals surface area contributed by atoms with E-state index in [0.717, 1.165) is 0 Å². The second-order valence-electron chi connectivity index (χ2n) is 7.26. The monoisotopic (exact) mass is 422 g/mol. The summed E-state index contributed by atoms with van der Waals surface area (Å²) >= 11 is 0. The summed E-state index contributed by atoms with van der Waals surface area (Å²) in [6, 6.07) is 11.5. The van der Waals surface area contributed by atoms with Gasteiger partial charge in [-0.3, -0.25) is 9.59 Å². The summed E-state index contributed by atoms with van der Waals surface area (Å²) in [6.45, 7) is 7.21. The molecule has 2 heterocycles. The van der Waals surface area contributed by atoms with Gasteiger partial charge >= 0.3 is 5.97 Å². The minimum absolute atomic E-state index is 0.140. The summed E-state index contributed by atoms with van der Waals surface area (Å²) in [4.78, 5) is 43.4. The fourth-order valence-electron chi connectivity index (χ4n) is 3.58. The molecule has 0 bridgehead atoms. The number of nitrogens with one attached hydrogen (secondary N) is 1. The van der Waals surface area contributed by atoms with Crippen molar-refractivity contribution in [3.05, 3.63) is 82.6 Å². The van der Waals surface area contributed by atoms with Crippen molar-refractivity contribution < 1.29 is 23.5 Å². The number of rotatable bonds is 8. The van der Waals surface area contributed by atoms with Crippen molar-refractivity contribution in [1.82, 2.24) is 9.88 Å². The van der Waals surface area contributed by atoms with E-state index in [9.17, 15) is 14.4 Å². The average Bonchev–Trinajstić information content (AvgIpc) is 3.38. The first-order valence-electron chi connectivity index (χ1n) is 10.1. The first-order valence-corrected chi connectivity index (χ1v) is 10.1. The summed E-state index contributed by atoms with van der Waals surface area (Å²) in [5, 5.41) is 0. The number of hydrogen-bond acceptors (Lipinski definition) is 5. The largest absolute Gasteiger partial charge is 0.467 e. The van der Waals surface area contributed by atoms with Gasteiger partial charge in [-0.2, -0.15) is 0 Å². The lowest BCUT2D eigenvalue weighted by Crippen LogP contribution is -2.43. The maximum Gasteiger partial charge on any atom is 0.355 e. The third kappa shape index (κ3) is 4.60. The molecule has 3 aromatic rings. The third-order valence-corrected chi connectivity index (χ3v) is 5.20.